The fraction of sp³-hybridized carbons (Fsp3) is 0.0833. The third-order valence-electron chi connectivity index (χ3n) is 2.27. The number of para-hydroxylation sites is 1. The third kappa shape index (κ3) is 2.71. The zero-order valence-electron chi connectivity index (χ0n) is 8.75. The molecule has 0 aliphatic rings. The minimum Gasteiger partial charge on any atom is -0.376 e. The molecule has 2 aromatic rings. The van der Waals surface area contributed by atoms with Gasteiger partial charge in [-0.3, -0.25) is 4.98 Å². The smallest absolute Gasteiger partial charge is 0.149 e. The minimum atomic E-state index is -0.629. The van der Waals surface area contributed by atoms with Gasteiger partial charge in [-0.05, 0) is 23.8 Å². The van der Waals surface area contributed by atoms with Gasteiger partial charge >= 0.3 is 0 Å². The summed E-state index contributed by atoms with van der Waals surface area (Å²) in [5, 5.41) is 3.13. The molecule has 0 fully saturated rings. The van der Waals surface area contributed by atoms with Crippen LogP contribution in [0.15, 0.2) is 36.7 Å². The van der Waals surface area contributed by atoms with Gasteiger partial charge in [0.2, 0.25) is 0 Å². The molecule has 88 valence electrons. The highest BCUT2D eigenvalue weighted by atomic mass is 35.5. The van der Waals surface area contributed by atoms with E-state index in [4.69, 9.17) is 11.6 Å². The van der Waals surface area contributed by atoms with Crippen molar-refractivity contribution in [1.82, 2.24) is 4.98 Å². The topological polar surface area (TPSA) is 24.9 Å². The molecule has 1 N–H and O–H groups in total. The maximum absolute atomic E-state index is 13.3. The van der Waals surface area contributed by atoms with E-state index in [1.807, 2.05) is 0 Å². The number of rotatable bonds is 3. The van der Waals surface area contributed by atoms with E-state index in [1.54, 1.807) is 12.3 Å². The molecule has 1 aromatic carbocycles. The third-order valence-corrected chi connectivity index (χ3v) is 2.62. The molecule has 0 saturated heterocycles. The van der Waals surface area contributed by atoms with Crippen molar-refractivity contribution in [2.24, 2.45) is 0 Å². The lowest BCUT2D eigenvalue weighted by molar-refractivity contribution is 0.588. The van der Waals surface area contributed by atoms with Gasteiger partial charge < -0.3 is 5.32 Å². The molecule has 1 aromatic heterocycles. The predicted octanol–water partition coefficient (Wildman–Crippen LogP) is 3.63. The van der Waals surface area contributed by atoms with Gasteiger partial charge in [-0.2, -0.15) is 0 Å². The average Bonchev–Trinajstić information content (AvgIpc) is 2.30. The van der Waals surface area contributed by atoms with Crippen molar-refractivity contribution in [3.8, 4) is 0 Å². The molecule has 0 radical (unpaired) electrons. The standard InChI is InChI=1S/C12H9ClF2N2/c13-9-7-16-5-4-8(9)6-17-12-10(14)2-1-3-11(12)15/h1-5,7,17H,6H2. The number of nitrogens with zero attached hydrogens (tertiary/aromatic N) is 1. The summed E-state index contributed by atoms with van der Waals surface area (Å²) in [5.41, 5.74) is 0.574. The minimum absolute atomic E-state index is 0.152. The van der Waals surface area contributed by atoms with Gasteiger partial charge in [0.1, 0.15) is 17.3 Å². The Labute approximate surface area is 102 Å². The van der Waals surface area contributed by atoms with Crippen LogP contribution in [0.1, 0.15) is 5.56 Å². The van der Waals surface area contributed by atoms with Crippen molar-refractivity contribution in [2.45, 2.75) is 6.54 Å². The van der Waals surface area contributed by atoms with Crippen molar-refractivity contribution in [2.75, 3.05) is 5.32 Å². The van der Waals surface area contributed by atoms with E-state index >= 15 is 0 Å². The van der Waals surface area contributed by atoms with E-state index < -0.39 is 11.6 Å². The number of aromatic nitrogens is 1. The lowest BCUT2D eigenvalue weighted by Gasteiger charge is -2.09. The largest absolute Gasteiger partial charge is 0.376 e. The number of hydrogen-bond acceptors (Lipinski definition) is 2. The summed E-state index contributed by atoms with van der Waals surface area (Å²) in [6.07, 6.45) is 3.05. The van der Waals surface area contributed by atoms with Gasteiger partial charge in [0.15, 0.2) is 0 Å². The molecule has 17 heavy (non-hydrogen) atoms. The summed E-state index contributed by atoms with van der Waals surface area (Å²) < 4.78 is 26.6. The predicted molar refractivity (Wildman–Crippen MR) is 62.9 cm³/mol. The van der Waals surface area contributed by atoms with Crippen molar-refractivity contribution < 1.29 is 8.78 Å². The zero-order valence-corrected chi connectivity index (χ0v) is 9.51. The molecule has 0 spiro atoms. The Morgan fingerprint density at radius 3 is 2.53 bits per heavy atom. The normalized spacial score (nSPS) is 10.3. The van der Waals surface area contributed by atoms with E-state index in [-0.39, 0.29) is 12.2 Å². The molecule has 2 nitrogen and oxygen atoms in total. The second-order valence-electron chi connectivity index (χ2n) is 3.42. The van der Waals surface area contributed by atoms with E-state index in [9.17, 15) is 8.78 Å². The van der Waals surface area contributed by atoms with Crippen molar-refractivity contribution >= 4 is 17.3 Å². The molecule has 0 unspecified atom stereocenters. The number of nitrogens with one attached hydrogen (secondary N) is 1. The van der Waals surface area contributed by atoms with Gasteiger partial charge in [0.05, 0.1) is 5.02 Å². The lowest BCUT2D eigenvalue weighted by atomic mass is 10.2. The molecule has 0 aliphatic heterocycles. The first kappa shape index (κ1) is 11.8. The summed E-state index contributed by atoms with van der Waals surface area (Å²) in [5.74, 6) is -1.26. The Balaban J connectivity index is 2.16. The molecule has 2 rings (SSSR count). The van der Waals surface area contributed by atoms with Crippen molar-refractivity contribution in [3.63, 3.8) is 0 Å². The van der Waals surface area contributed by atoms with Crippen LogP contribution in [0.5, 0.6) is 0 Å². The second-order valence-corrected chi connectivity index (χ2v) is 3.82. The van der Waals surface area contributed by atoms with E-state index in [0.717, 1.165) is 5.56 Å². The highest BCUT2D eigenvalue weighted by molar-refractivity contribution is 6.31. The molecule has 1 heterocycles. The van der Waals surface area contributed by atoms with Crippen LogP contribution in [-0.4, -0.2) is 4.98 Å². The molecule has 5 heteroatoms. The van der Waals surface area contributed by atoms with Crippen LogP contribution < -0.4 is 5.32 Å². The molecule has 0 saturated carbocycles. The van der Waals surface area contributed by atoms with Gasteiger partial charge in [-0.25, -0.2) is 8.78 Å². The molecular weight excluding hydrogens is 246 g/mol. The summed E-state index contributed by atoms with van der Waals surface area (Å²) in [7, 11) is 0. The zero-order chi connectivity index (χ0) is 12.3. The molecule has 0 bridgehead atoms. The Hall–Kier alpha value is -1.68. The van der Waals surface area contributed by atoms with Crippen LogP contribution in [-0.2, 0) is 6.54 Å². The van der Waals surface area contributed by atoms with Crippen molar-refractivity contribution in [3.05, 3.63) is 58.9 Å². The summed E-state index contributed by atoms with van der Waals surface area (Å²) in [4.78, 5) is 3.83. The van der Waals surface area contributed by atoms with Crippen LogP contribution >= 0.6 is 11.6 Å². The first-order valence-electron chi connectivity index (χ1n) is 4.95. The maximum Gasteiger partial charge on any atom is 0.149 e. The second kappa shape index (κ2) is 5.10. The summed E-state index contributed by atoms with van der Waals surface area (Å²) in [6, 6.07) is 5.39. The van der Waals surface area contributed by atoms with Gasteiger partial charge in [0, 0.05) is 18.9 Å². The average molecular weight is 255 g/mol. The van der Waals surface area contributed by atoms with Crippen LogP contribution in [0.25, 0.3) is 0 Å². The molecular formula is C12H9ClF2N2. The number of hydrogen-bond donors (Lipinski definition) is 1. The van der Waals surface area contributed by atoms with Crippen LogP contribution in [0.4, 0.5) is 14.5 Å². The SMILES string of the molecule is Fc1cccc(F)c1NCc1ccncc1Cl. The Bertz CT molecular complexity index is 511. The molecule has 0 amide bonds. The molecule has 0 aliphatic carbocycles. The highest BCUT2D eigenvalue weighted by Crippen LogP contribution is 2.20. The monoisotopic (exact) mass is 254 g/mol. The Morgan fingerprint density at radius 2 is 1.88 bits per heavy atom. The first-order valence-corrected chi connectivity index (χ1v) is 5.32. The quantitative estimate of drug-likeness (QED) is 0.905. The number of anilines is 1. The van der Waals surface area contributed by atoms with E-state index in [2.05, 4.69) is 10.3 Å². The van der Waals surface area contributed by atoms with Crippen LogP contribution in [0.2, 0.25) is 5.02 Å². The van der Waals surface area contributed by atoms with Crippen molar-refractivity contribution in [1.29, 1.82) is 0 Å². The van der Waals surface area contributed by atoms with Crippen LogP contribution in [0, 0.1) is 11.6 Å². The van der Waals surface area contributed by atoms with Gasteiger partial charge in [-0.1, -0.05) is 17.7 Å². The van der Waals surface area contributed by atoms with Gasteiger partial charge in [0.25, 0.3) is 0 Å². The van der Waals surface area contributed by atoms with Crippen LogP contribution in [0.3, 0.4) is 0 Å². The highest BCUT2D eigenvalue weighted by Gasteiger charge is 2.08. The Kier molecular flexibility index (Phi) is 3.54. The number of pyridine rings is 1. The van der Waals surface area contributed by atoms with E-state index in [0.29, 0.717) is 5.02 Å². The summed E-state index contributed by atoms with van der Waals surface area (Å²) >= 11 is 5.88. The van der Waals surface area contributed by atoms with E-state index in [1.165, 1.54) is 24.4 Å². The first-order chi connectivity index (χ1) is 8.18. The number of halogens is 3. The van der Waals surface area contributed by atoms with Gasteiger partial charge in [-0.15, -0.1) is 0 Å². The maximum atomic E-state index is 13.3. The Morgan fingerprint density at radius 1 is 1.18 bits per heavy atom. The fourth-order valence-electron chi connectivity index (χ4n) is 1.40. The molecule has 0 atom stereocenters. The fourth-order valence-corrected chi connectivity index (χ4v) is 1.58. The lowest BCUT2D eigenvalue weighted by Crippen LogP contribution is -2.04. The summed E-state index contributed by atoms with van der Waals surface area (Å²) in [6.45, 7) is 0.235. The number of benzene rings is 1.